The number of hydrogen-bond donors (Lipinski definition) is 1. The van der Waals surface area contributed by atoms with Gasteiger partial charge in [-0.15, -0.1) is 0 Å². The second-order valence-electron chi connectivity index (χ2n) is 3.99. The monoisotopic (exact) mass is 306 g/mol. The van der Waals surface area contributed by atoms with Gasteiger partial charge in [0, 0.05) is 31.2 Å². The predicted molar refractivity (Wildman–Crippen MR) is 77.8 cm³/mol. The van der Waals surface area contributed by atoms with Crippen LogP contribution in [0.15, 0.2) is 41.1 Å². The fraction of sp³-hybridized carbons (Fsp3) is 0.231. The molecule has 4 nitrogen and oxygen atoms in total. The summed E-state index contributed by atoms with van der Waals surface area (Å²) in [5.41, 5.74) is 1.24. The number of hydrogen-bond acceptors (Lipinski definition) is 4. The predicted octanol–water partition coefficient (Wildman–Crippen LogP) is 2.92. The highest BCUT2D eigenvalue weighted by molar-refractivity contribution is 9.10. The van der Waals surface area contributed by atoms with Crippen molar-refractivity contribution in [3.05, 3.63) is 46.7 Å². The Hall–Kier alpha value is -1.62. The van der Waals surface area contributed by atoms with Crippen LogP contribution >= 0.6 is 15.9 Å². The quantitative estimate of drug-likeness (QED) is 0.943. The molecule has 0 unspecified atom stereocenters. The van der Waals surface area contributed by atoms with Crippen molar-refractivity contribution in [3.63, 3.8) is 0 Å². The summed E-state index contributed by atoms with van der Waals surface area (Å²) in [4.78, 5) is 10.5. The van der Waals surface area contributed by atoms with E-state index in [0.717, 1.165) is 22.7 Å². The Bertz CT molecular complexity index is 513. The molecular weight excluding hydrogens is 292 g/mol. The van der Waals surface area contributed by atoms with Crippen LogP contribution in [-0.4, -0.2) is 24.1 Å². The van der Waals surface area contributed by atoms with Crippen LogP contribution in [-0.2, 0) is 6.54 Å². The highest BCUT2D eigenvalue weighted by atomic mass is 79.9. The third kappa shape index (κ3) is 3.20. The lowest BCUT2D eigenvalue weighted by atomic mass is 10.2. The molecule has 94 valence electrons. The van der Waals surface area contributed by atoms with Crippen LogP contribution in [0, 0.1) is 0 Å². The van der Waals surface area contributed by atoms with Crippen LogP contribution in [0.2, 0.25) is 0 Å². The molecule has 2 aromatic rings. The van der Waals surface area contributed by atoms with Gasteiger partial charge in [0.2, 0.25) is 0 Å². The average Bonchev–Trinajstić information content (AvgIpc) is 2.41. The molecule has 0 atom stereocenters. The molecule has 0 saturated heterocycles. The highest BCUT2D eigenvalue weighted by Crippen LogP contribution is 2.16. The molecule has 1 aromatic carbocycles. The fourth-order valence-corrected chi connectivity index (χ4v) is 1.90. The van der Waals surface area contributed by atoms with E-state index in [1.807, 2.05) is 32.3 Å². The summed E-state index contributed by atoms with van der Waals surface area (Å²) in [5.74, 6) is 1.72. The van der Waals surface area contributed by atoms with Crippen molar-refractivity contribution >= 4 is 27.6 Å². The standard InChI is InChI=1S/C13H15BrN4/c1-15-12-7-13(17-9-16-12)18(2)8-10-3-5-11(14)6-4-10/h3-7,9H,8H2,1-2H3,(H,15,16,17). The number of aromatic nitrogens is 2. The summed E-state index contributed by atoms with van der Waals surface area (Å²) < 4.78 is 1.09. The maximum absolute atomic E-state index is 4.27. The first-order chi connectivity index (χ1) is 8.69. The van der Waals surface area contributed by atoms with Gasteiger partial charge in [-0.25, -0.2) is 9.97 Å². The largest absolute Gasteiger partial charge is 0.373 e. The Balaban J connectivity index is 2.11. The first-order valence-electron chi connectivity index (χ1n) is 5.64. The van der Waals surface area contributed by atoms with Crippen LogP contribution in [0.5, 0.6) is 0 Å². The van der Waals surface area contributed by atoms with Gasteiger partial charge in [-0.3, -0.25) is 0 Å². The average molecular weight is 307 g/mol. The number of nitrogens with one attached hydrogen (secondary N) is 1. The molecule has 2 rings (SSSR count). The van der Waals surface area contributed by atoms with Gasteiger partial charge >= 0.3 is 0 Å². The Morgan fingerprint density at radius 2 is 1.94 bits per heavy atom. The maximum atomic E-state index is 4.27. The van der Waals surface area contributed by atoms with Gasteiger partial charge in [-0.2, -0.15) is 0 Å². The molecule has 0 fully saturated rings. The van der Waals surface area contributed by atoms with Gasteiger partial charge in [0.15, 0.2) is 0 Å². The van der Waals surface area contributed by atoms with Crippen molar-refractivity contribution in [2.75, 3.05) is 24.3 Å². The zero-order valence-corrected chi connectivity index (χ0v) is 12.0. The van der Waals surface area contributed by atoms with Crippen molar-refractivity contribution in [1.29, 1.82) is 0 Å². The summed E-state index contributed by atoms with van der Waals surface area (Å²) in [6.07, 6.45) is 1.57. The number of anilines is 2. The molecule has 1 N–H and O–H groups in total. The molecule has 0 radical (unpaired) electrons. The molecule has 0 saturated carbocycles. The molecule has 0 spiro atoms. The summed E-state index contributed by atoms with van der Waals surface area (Å²) in [6, 6.07) is 10.2. The van der Waals surface area contributed by atoms with E-state index in [0.29, 0.717) is 0 Å². The second kappa shape index (κ2) is 5.82. The SMILES string of the molecule is CNc1cc(N(C)Cc2ccc(Br)cc2)ncn1. The van der Waals surface area contributed by atoms with Gasteiger partial charge in [0.05, 0.1) is 0 Å². The number of rotatable bonds is 4. The molecule has 0 aliphatic carbocycles. The molecule has 1 aromatic heterocycles. The minimum absolute atomic E-state index is 0.813. The molecule has 5 heteroatoms. The van der Waals surface area contributed by atoms with E-state index in [-0.39, 0.29) is 0 Å². The van der Waals surface area contributed by atoms with Crippen LogP contribution in [0.3, 0.4) is 0 Å². The van der Waals surface area contributed by atoms with Gasteiger partial charge < -0.3 is 10.2 Å². The third-order valence-corrected chi connectivity index (χ3v) is 3.16. The van der Waals surface area contributed by atoms with E-state index in [9.17, 15) is 0 Å². The molecular formula is C13H15BrN4. The van der Waals surface area contributed by atoms with Crippen molar-refractivity contribution in [3.8, 4) is 0 Å². The lowest BCUT2D eigenvalue weighted by Crippen LogP contribution is -2.17. The van der Waals surface area contributed by atoms with Gasteiger partial charge in [0.1, 0.15) is 18.0 Å². The first kappa shape index (κ1) is 12.8. The minimum Gasteiger partial charge on any atom is -0.373 e. The molecule has 18 heavy (non-hydrogen) atoms. The lowest BCUT2D eigenvalue weighted by molar-refractivity contribution is 0.891. The molecule has 0 bridgehead atoms. The number of nitrogens with zero attached hydrogens (tertiary/aromatic N) is 3. The summed E-state index contributed by atoms with van der Waals surface area (Å²) in [5, 5.41) is 3.01. The number of halogens is 1. The topological polar surface area (TPSA) is 41.0 Å². The molecule has 0 aliphatic rings. The van der Waals surface area contributed by atoms with Crippen molar-refractivity contribution in [1.82, 2.24) is 9.97 Å². The van der Waals surface area contributed by atoms with E-state index in [1.165, 1.54) is 5.56 Å². The van der Waals surface area contributed by atoms with E-state index >= 15 is 0 Å². The fourth-order valence-electron chi connectivity index (χ4n) is 1.64. The van der Waals surface area contributed by atoms with Crippen LogP contribution in [0.1, 0.15) is 5.56 Å². The maximum Gasteiger partial charge on any atom is 0.134 e. The molecule has 1 heterocycles. The van der Waals surface area contributed by atoms with Crippen LogP contribution in [0.25, 0.3) is 0 Å². The highest BCUT2D eigenvalue weighted by Gasteiger charge is 2.04. The molecule has 0 aliphatic heterocycles. The Kier molecular flexibility index (Phi) is 4.15. The Morgan fingerprint density at radius 1 is 1.22 bits per heavy atom. The van der Waals surface area contributed by atoms with E-state index in [2.05, 4.69) is 48.2 Å². The summed E-state index contributed by atoms with van der Waals surface area (Å²) in [6.45, 7) is 0.813. The number of benzene rings is 1. The van der Waals surface area contributed by atoms with Crippen molar-refractivity contribution in [2.24, 2.45) is 0 Å². The van der Waals surface area contributed by atoms with E-state index in [4.69, 9.17) is 0 Å². The van der Waals surface area contributed by atoms with E-state index < -0.39 is 0 Å². The van der Waals surface area contributed by atoms with Gasteiger partial charge in [-0.05, 0) is 17.7 Å². The Labute approximate surface area is 115 Å². The van der Waals surface area contributed by atoms with Crippen LogP contribution in [0.4, 0.5) is 11.6 Å². The summed E-state index contributed by atoms with van der Waals surface area (Å²) >= 11 is 3.43. The lowest BCUT2D eigenvalue weighted by Gasteiger charge is -2.18. The van der Waals surface area contributed by atoms with Gasteiger partial charge in [0.25, 0.3) is 0 Å². The summed E-state index contributed by atoms with van der Waals surface area (Å²) in [7, 11) is 3.87. The first-order valence-corrected chi connectivity index (χ1v) is 6.43. The normalized spacial score (nSPS) is 10.2. The smallest absolute Gasteiger partial charge is 0.134 e. The van der Waals surface area contributed by atoms with Crippen LogP contribution < -0.4 is 10.2 Å². The van der Waals surface area contributed by atoms with Crippen molar-refractivity contribution in [2.45, 2.75) is 6.54 Å². The third-order valence-electron chi connectivity index (χ3n) is 2.63. The molecule has 0 amide bonds. The van der Waals surface area contributed by atoms with E-state index in [1.54, 1.807) is 6.33 Å². The van der Waals surface area contributed by atoms with Crippen molar-refractivity contribution < 1.29 is 0 Å². The Morgan fingerprint density at radius 3 is 2.61 bits per heavy atom. The second-order valence-corrected chi connectivity index (χ2v) is 4.91. The zero-order valence-electron chi connectivity index (χ0n) is 10.4. The minimum atomic E-state index is 0.813. The zero-order chi connectivity index (χ0) is 13.0. The van der Waals surface area contributed by atoms with Gasteiger partial charge in [-0.1, -0.05) is 28.1 Å².